The van der Waals surface area contributed by atoms with E-state index in [1.807, 2.05) is 6.07 Å². The molecular formula is C26H25Cl2NO5. The van der Waals surface area contributed by atoms with Crippen LogP contribution in [0.4, 0.5) is 0 Å². The molecule has 1 unspecified atom stereocenters. The van der Waals surface area contributed by atoms with Gasteiger partial charge in [-0.2, -0.15) is 0 Å². The average Bonchev–Trinajstić information content (AvgIpc) is 3.34. The molecule has 8 heteroatoms. The summed E-state index contributed by atoms with van der Waals surface area (Å²) in [6, 6.07) is 5.40. The number of halogens is 2. The number of carbonyl (C=O) groups excluding carboxylic acids is 2. The first-order chi connectivity index (χ1) is 16.5. The van der Waals surface area contributed by atoms with Crippen LogP contribution in [0.15, 0.2) is 54.4 Å². The number of aromatic nitrogens is 1. The highest BCUT2D eigenvalue weighted by Crippen LogP contribution is 2.37. The van der Waals surface area contributed by atoms with E-state index in [1.165, 1.54) is 18.5 Å². The number of carbonyl (C=O) groups is 2. The Morgan fingerprint density at radius 3 is 2.56 bits per heavy atom. The van der Waals surface area contributed by atoms with E-state index >= 15 is 0 Å². The number of esters is 1. The smallest absolute Gasteiger partial charge is 0.342 e. The summed E-state index contributed by atoms with van der Waals surface area (Å²) < 4.78 is 17.6. The van der Waals surface area contributed by atoms with E-state index in [-0.39, 0.29) is 30.3 Å². The molecule has 2 aromatic rings. The predicted molar refractivity (Wildman–Crippen MR) is 130 cm³/mol. The zero-order chi connectivity index (χ0) is 24.1. The Kier molecular flexibility index (Phi) is 7.91. The van der Waals surface area contributed by atoms with Gasteiger partial charge in [0.1, 0.15) is 11.7 Å². The van der Waals surface area contributed by atoms with Gasteiger partial charge in [0, 0.05) is 25.2 Å². The highest BCUT2D eigenvalue weighted by Gasteiger charge is 2.27. The number of allylic oxidation sites excluding steroid dienone is 3. The number of hydrogen-bond donors (Lipinski definition) is 0. The number of ketones is 1. The van der Waals surface area contributed by atoms with Gasteiger partial charge in [0.25, 0.3) is 0 Å². The Labute approximate surface area is 208 Å². The Morgan fingerprint density at radius 2 is 1.88 bits per heavy atom. The normalized spacial score (nSPS) is 16.8. The first-order valence-corrected chi connectivity index (χ1v) is 12.0. The number of benzene rings is 1. The van der Waals surface area contributed by atoms with Crippen molar-refractivity contribution < 1.29 is 23.8 Å². The monoisotopic (exact) mass is 501 g/mol. The molecule has 0 saturated heterocycles. The average molecular weight is 502 g/mol. The SMILES string of the molecule is COc1ccc(C(Cc2c(Cl)cncc2Cl)OC(=O)C2=CC=CCC2=O)cc1OC1CCCC1. The molecule has 4 rings (SSSR count). The first kappa shape index (κ1) is 24.3. The number of rotatable bonds is 8. The van der Waals surface area contributed by atoms with Crippen LogP contribution in [0.1, 0.15) is 49.3 Å². The van der Waals surface area contributed by atoms with E-state index in [0.717, 1.165) is 25.7 Å². The fourth-order valence-corrected chi connectivity index (χ4v) is 4.65. The fraction of sp³-hybridized carbons (Fsp3) is 0.346. The highest BCUT2D eigenvalue weighted by atomic mass is 35.5. The molecule has 1 saturated carbocycles. The molecule has 0 aliphatic heterocycles. The van der Waals surface area contributed by atoms with Crippen LogP contribution in [-0.2, 0) is 20.7 Å². The minimum Gasteiger partial charge on any atom is -0.493 e. The standard InChI is InChI=1S/C26H25Cl2NO5/c1-32-23-11-10-16(12-25(23)33-17-6-2-3-7-17)24(13-19-20(27)14-29-15-21(19)28)34-26(31)18-8-4-5-9-22(18)30/h4-5,8,10-12,14-15,17,24H,2-3,6-7,9,13H2,1H3. The molecule has 2 aliphatic rings. The molecule has 2 aliphatic carbocycles. The van der Waals surface area contributed by atoms with Gasteiger partial charge in [-0.05, 0) is 55.0 Å². The van der Waals surface area contributed by atoms with Crippen molar-refractivity contribution in [1.82, 2.24) is 4.98 Å². The second-order valence-corrected chi connectivity index (χ2v) is 9.06. The summed E-state index contributed by atoms with van der Waals surface area (Å²) >= 11 is 12.7. The lowest BCUT2D eigenvalue weighted by molar-refractivity contribution is -0.145. The second-order valence-electron chi connectivity index (χ2n) is 8.25. The molecule has 1 atom stereocenters. The highest BCUT2D eigenvalue weighted by molar-refractivity contribution is 6.35. The van der Waals surface area contributed by atoms with Gasteiger partial charge in [-0.25, -0.2) is 4.79 Å². The fourth-order valence-electron chi connectivity index (χ4n) is 4.13. The van der Waals surface area contributed by atoms with E-state index in [9.17, 15) is 9.59 Å². The van der Waals surface area contributed by atoms with Crippen LogP contribution >= 0.6 is 23.2 Å². The molecule has 1 aromatic heterocycles. The summed E-state index contributed by atoms with van der Waals surface area (Å²) in [4.78, 5) is 29.2. The number of Topliss-reactive ketones (excluding diaryl/α,β-unsaturated/α-hetero) is 1. The van der Waals surface area contributed by atoms with Gasteiger partial charge in [0.2, 0.25) is 0 Å². The van der Waals surface area contributed by atoms with E-state index in [1.54, 1.807) is 31.4 Å². The molecule has 178 valence electrons. The molecule has 1 heterocycles. The van der Waals surface area contributed by atoms with E-state index < -0.39 is 12.1 Å². The summed E-state index contributed by atoms with van der Waals surface area (Å²) in [5.41, 5.74) is 1.27. The minimum atomic E-state index is -0.777. The lowest BCUT2D eigenvalue weighted by atomic mass is 10.00. The second kappa shape index (κ2) is 11.1. The minimum absolute atomic E-state index is 0.00960. The molecule has 0 N–H and O–H groups in total. The van der Waals surface area contributed by atoms with Crippen LogP contribution in [0.2, 0.25) is 10.0 Å². The van der Waals surface area contributed by atoms with Gasteiger partial charge in [-0.15, -0.1) is 0 Å². The molecule has 34 heavy (non-hydrogen) atoms. The van der Waals surface area contributed by atoms with Crippen molar-refractivity contribution in [3.63, 3.8) is 0 Å². The Hall–Kier alpha value is -2.83. The van der Waals surface area contributed by atoms with Crippen molar-refractivity contribution >= 4 is 35.0 Å². The third-order valence-corrected chi connectivity index (χ3v) is 6.62. The zero-order valence-electron chi connectivity index (χ0n) is 18.8. The van der Waals surface area contributed by atoms with Crippen LogP contribution in [0.25, 0.3) is 0 Å². The predicted octanol–water partition coefficient (Wildman–Crippen LogP) is 6.00. The number of methoxy groups -OCH3 is 1. The van der Waals surface area contributed by atoms with Gasteiger partial charge in [0.15, 0.2) is 17.3 Å². The molecule has 1 fully saturated rings. The van der Waals surface area contributed by atoms with E-state index in [4.69, 9.17) is 37.4 Å². The number of ether oxygens (including phenoxy) is 3. The molecule has 0 bridgehead atoms. The summed E-state index contributed by atoms with van der Waals surface area (Å²) in [6.45, 7) is 0. The van der Waals surface area contributed by atoms with E-state index in [2.05, 4.69) is 4.98 Å². The molecule has 0 amide bonds. The van der Waals surface area contributed by atoms with Gasteiger partial charge < -0.3 is 14.2 Å². The van der Waals surface area contributed by atoms with Crippen LogP contribution in [-0.4, -0.2) is 30.0 Å². The van der Waals surface area contributed by atoms with Crippen molar-refractivity contribution in [1.29, 1.82) is 0 Å². The van der Waals surface area contributed by atoms with Crippen molar-refractivity contribution in [2.24, 2.45) is 0 Å². The molecular weight excluding hydrogens is 477 g/mol. The van der Waals surface area contributed by atoms with E-state index in [0.29, 0.717) is 32.7 Å². The van der Waals surface area contributed by atoms with Gasteiger partial charge in [0.05, 0.1) is 23.3 Å². The lowest BCUT2D eigenvalue weighted by Gasteiger charge is -2.23. The van der Waals surface area contributed by atoms with Crippen molar-refractivity contribution in [3.8, 4) is 11.5 Å². The van der Waals surface area contributed by atoms with Crippen LogP contribution in [0.3, 0.4) is 0 Å². The van der Waals surface area contributed by atoms with Gasteiger partial charge in [-0.1, -0.05) is 41.4 Å². The molecule has 6 nitrogen and oxygen atoms in total. The first-order valence-electron chi connectivity index (χ1n) is 11.2. The van der Waals surface area contributed by atoms with Crippen molar-refractivity contribution in [2.75, 3.05) is 7.11 Å². The zero-order valence-corrected chi connectivity index (χ0v) is 20.3. The topological polar surface area (TPSA) is 74.7 Å². The van der Waals surface area contributed by atoms with Crippen molar-refractivity contribution in [3.05, 3.63) is 75.6 Å². The van der Waals surface area contributed by atoms with Crippen LogP contribution in [0, 0.1) is 0 Å². The molecule has 1 aromatic carbocycles. The van der Waals surface area contributed by atoms with Gasteiger partial charge >= 0.3 is 5.97 Å². The largest absolute Gasteiger partial charge is 0.493 e. The summed E-state index contributed by atoms with van der Waals surface area (Å²) in [6.07, 6.45) is 11.7. The maximum atomic E-state index is 13.0. The maximum absolute atomic E-state index is 13.0. The maximum Gasteiger partial charge on any atom is 0.342 e. The summed E-state index contributed by atoms with van der Waals surface area (Å²) in [7, 11) is 1.58. The van der Waals surface area contributed by atoms with Gasteiger partial charge in [-0.3, -0.25) is 9.78 Å². The number of nitrogens with zero attached hydrogens (tertiary/aromatic N) is 1. The molecule has 0 spiro atoms. The summed E-state index contributed by atoms with van der Waals surface area (Å²) in [5.74, 6) is 0.188. The third-order valence-electron chi connectivity index (χ3n) is 5.97. The Balaban J connectivity index is 1.68. The Morgan fingerprint density at radius 1 is 1.15 bits per heavy atom. The lowest BCUT2D eigenvalue weighted by Crippen LogP contribution is -2.21. The van der Waals surface area contributed by atoms with Crippen molar-refractivity contribution in [2.45, 2.75) is 50.7 Å². The quantitative estimate of drug-likeness (QED) is 0.326. The van der Waals surface area contributed by atoms with Crippen LogP contribution in [0.5, 0.6) is 11.5 Å². The number of hydrogen-bond acceptors (Lipinski definition) is 6. The number of pyridine rings is 1. The summed E-state index contributed by atoms with van der Waals surface area (Å²) in [5, 5.41) is 0.723. The Bertz CT molecular complexity index is 1120. The van der Waals surface area contributed by atoms with Crippen LogP contribution < -0.4 is 9.47 Å². The molecule has 0 radical (unpaired) electrons. The third kappa shape index (κ3) is 5.62.